The van der Waals surface area contributed by atoms with Gasteiger partial charge in [0.05, 0.1) is 17.5 Å². The van der Waals surface area contributed by atoms with Crippen LogP contribution in [0.4, 0.5) is 5.69 Å². The molecule has 4 atom stereocenters. The van der Waals surface area contributed by atoms with Crippen LogP contribution in [-0.2, 0) is 9.59 Å². The Morgan fingerprint density at radius 2 is 1.60 bits per heavy atom. The minimum absolute atomic E-state index is 0.0165. The summed E-state index contributed by atoms with van der Waals surface area (Å²) in [6.07, 6.45) is 6.36. The molecule has 4 aliphatic rings. The lowest BCUT2D eigenvalue weighted by atomic mass is 9.63. The molecule has 3 aliphatic carbocycles. The van der Waals surface area contributed by atoms with E-state index in [2.05, 4.69) is 28.1 Å². The topological polar surface area (TPSA) is 37.4 Å². The molecular weight excluding hydrogens is 318 g/mol. The number of fused-ring (bicyclic) bond motifs is 1. The Hall–Kier alpha value is -1.42. The Labute approximate surface area is 125 Å². The van der Waals surface area contributed by atoms with Crippen molar-refractivity contribution in [3.8, 4) is 0 Å². The first-order valence-electron chi connectivity index (χ1n) is 6.98. The quantitative estimate of drug-likeness (QED) is 0.585. The summed E-state index contributed by atoms with van der Waals surface area (Å²) in [5, 5.41) is 0. The van der Waals surface area contributed by atoms with Gasteiger partial charge in [0.15, 0.2) is 0 Å². The monoisotopic (exact) mass is 331 g/mol. The molecule has 1 aromatic rings. The van der Waals surface area contributed by atoms with Gasteiger partial charge < -0.3 is 0 Å². The zero-order chi connectivity index (χ0) is 13.9. The number of carbonyl (C=O) groups is 2. The van der Waals surface area contributed by atoms with E-state index >= 15 is 0 Å². The minimum Gasteiger partial charge on any atom is -0.274 e. The summed E-state index contributed by atoms with van der Waals surface area (Å²) in [7, 11) is 0. The second-order valence-electron chi connectivity index (χ2n) is 5.83. The molecule has 1 saturated heterocycles. The molecule has 3 nitrogen and oxygen atoms in total. The van der Waals surface area contributed by atoms with E-state index in [1.165, 1.54) is 4.90 Å². The average Bonchev–Trinajstić information content (AvgIpc) is 2.74. The average molecular weight is 332 g/mol. The highest BCUT2D eigenvalue weighted by Crippen LogP contribution is 2.50. The first-order chi connectivity index (χ1) is 9.66. The van der Waals surface area contributed by atoms with Crippen molar-refractivity contribution in [1.29, 1.82) is 0 Å². The summed E-state index contributed by atoms with van der Waals surface area (Å²) in [6.45, 7) is 0. The van der Waals surface area contributed by atoms with Crippen LogP contribution in [0.15, 0.2) is 40.9 Å². The number of allylic oxidation sites excluding steroid dienone is 2. The molecule has 0 N–H and O–H groups in total. The summed E-state index contributed by atoms with van der Waals surface area (Å²) in [5.74, 6) is 0.196. The van der Waals surface area contributed by atoms with Crippen LogP contribution >= 0.6 is 15.9 Å². The molecule has 4 heteroatoms. The van der Waals surface area contributed by atoms with Crippen molar-refractivity contribution in [2.45, 2.75) is 12.8 Å². The normalized spacial score (nSPS) is 34.8. The molecule has 1 aliphatic heterocycles. The van der Waals surface area contributed by atoms with E-state index in [4.69, 9.17) is 0 Å². The molecule has 0 unspecified atom stereocenters. The number of hydrogen-bond acceptors (Lipinski definition) is 2. The maximum absolute atomic E-state index is 12.7. The first-order valence-corrected chi connectivity index (χ1v) is 7.78. The summed E-state index contributed by atoms with van der Waals surface area (Å²) in [4.78, 5) is 26.8. The number of imide groups is 1. The van der Waals surface area contributed by atoms with Crippen molar-refractivity contribution in [3.63, 3.8) is 0 Å². The Bertz CT molecular complexity index is 607. The number of benzene rings is 1. The third-order valence-electron chi connectivity index (χ3n) is 4.83. The smallest absolute Gasteiger partial charge is 0.238 e. The van der Waals surface area contributed by atoms with Gasteiger partial charge in [-0.25, -0.2) is 4.90 Å². The summed E-state index contributed by atoms with van der Waals surface area (Å²) in [6, 6.07) is 7.41. The molecule has 2 bridgehead atoms. The van der Waals surface area contributed by atoms with Crippen molar-refractivity contribution in [2.75, 3.05) is 4.90 Å². The van der Waals surface area contributed by atoms with Gasteiger partial charge in [0.2, 0.25) is 11.8 Å². The van der Waals surface area contributed by atoms with Crippen molar-refractivity contribution < 1.29 is 9.59 Å². The van der Waals surface area contributed by atoms with Gasteiger partial charge in [-0.1, -0.05) is 34.1 Å². The Morgan fingerprint density at radius 1 is 1.00 bits per heavy atom. The molecule has 2 amide bonds. The van der Waals surface area contributed by atoms with Gasteiger partial charge in [-0.05, 0) is 42.9 Å². The number of halogens is 1. The van der Waals surface area contributed by atoms with E-state index in [9.17, 15) is 9.59 Å². The van der Waals surface area contributed by atoms with E-state index in [1.807, 2.05) is 24.3 Å². The zero-order valence-electron chi connectivity index (χ0n) is 10.8. The largest absolute Gasteiger partial charge is 0.274 e. The molecule has 102 valence electrons. The molecule has 1 heterocycles. The van der Waals surface area contributed by atoms with Gasteiger partial charge in [-0.3, -0.25) is 9.59 Å². The number of carbonyl (C=O) groups excluding carboxylic acids is 2. The number of nitrogens with zero attached hydrogens (tertiary/aromatic N) is 1. The highest BCUT2D eigenvalue weighted by atomic mass is 79.9. The Kier molecular flexibility index (Phi) is 2.64. The van der Waals surface area contributed by atoms with Crippen LogP contribution in [0.3, 0.4) is 0 Å². The number of rotatable bonds is 1. The third kappa shape index (κ3) is 1.57. The third-order valence-corrected chi connectivity index (χ3v) is 5.32. The van der Waals surface area contributed by atoms with Gasteiger partial charge >= 0.3 is 0 Å². The molecule has 2 fully saturated rings. The van der Waals surface area contributed by atoms with Crippen molar-refractivity contribution >= 4 is 33.4 Å². The lowest BCUT2D eigenvalue weighted by molar-refractivity contribution is -0.124. The highest BCUT2D eigenvalue weighted by Gasteiger charge is 2.56. The molecular formula is C16H14BrNO2. The number of hydrogen-bond donors (Lipinski definition) is 0. The van der Waals surface area contributed by atoms with E-state index in [0.717, 1.165) is 17.3 Å². The fourth-order valence-electron chi connectivity index (χ4n) is 3.94. The SMILES string of the molecule is O=C1[C@@H]2[C@H](C(=O)N1c1cccc(Br)c1)[C@@H]1C=C[C@@H]2CC1. The summed E-state index contributed by atoms with van der Waals surface area (Å²) in [5.41, 5.74) is 0.683. The summed E-state index contributed by atoms with van der Waals surface area (Å²) >= 11 is 3.40. The van der Waals surface area contributed by atoms with Crippen LogP contribution < -0.4 is 4.90 Å². The fraction of sp³-hybridized carbons (Fsp3) is 0.375. The molecule has 20 heavy (non-hydrogen) atoms. The number of anilines is 1. The highest BCUT2D eigenvalue weighted by molar-refractivity contribution is 9.10. The van der Waals surface area contributed by atoms with Crippen LogP contribution in [0.25, 0.3) is 0 Å². The van der Waals surface area contributed by atoms with Crippen LogP contribution in [0, 0.1) is 23.7 Å². The molecule has 0 spiro atoms. The minimum atomic E-state index is -0.134. The van der Waals surface area contributed by atoms with Crippen molar-refractivity contribution in [2.24, 2.45) is 23.7 Å². The van der Waals surface area contributed by atoms with Crippen molar-refractivity contribution in [3.05, 3.63) is 40.9 Å². The van der Waals surface area contributed by atoms with Gasteiger partial charge in [-0.2, -0.15) is 0 Å². The molecule has 0 radical (unpaired) electrons. The standard InChI is InChI=1S/C16H14BrNO2/c17-11-2-1-3-12(8-11)18-15(19)13-9-4-5-10(7-6-9)14(13)16(18)20/h1-5,8-10,13-14H,6-7H2/t9-,10-,13-,14+/m1/s1. The predicted octanol–water partition coefficient (Wildman–Crippen LogP) is 3.15. The first kappa shape index (κ1) is 12.3. The van der Waals surface area contributed by atoms with E-state index in [0.29, 0.717) is 5.69 Å². The van der Waals surface area contributed by atoms with Crippen LogP contribution in [0.5, 0.6) is 0 Å². The van der Waals surface area contributed by atoms with Gasteiger partial charge in [-0.15, -0.1) is 0 Å². The maximum Gasteiger partial charge on any atom is 0.238 e. The summed E-state index contributed by atoms with van der Waals surface area (Å²) < 4.78 is 0.881. The maximum atomic E-state index is 12.7. The molecule has 0 aromatic heterocycles. The Balaban J connectivity index is 1.77. The molecule has 1 aromatic carbocycles. The van der Waals surface area contributed by atoms with Gasteiger partial charge in [0, 0.05) is 4.47 Å². The van der Waals surface area contributed by atoms with E-state index < -0.39 is 0 Å². The number of amides is 2. The predicted molar refractivity (Wildman–Crippen MR) is 79.0 cm³/mol. The second-order valence-corrected chi connectivity index (χ2v) is 6.75. The zero-order valence-corrected chi connectivity index (χ0v) is 12.4. The lowest BCUT2D eigenvalue weighted by Gasteiger charge is -2.38. The van der Waals surface area contributed by atoms with E-state index in [-0.39, 0.29) is 35.5 Å². The molecule has 1 saturated carbocycles. The Morgan fingerprint density at radius 3 is 2.10 bits per heavy atom. The molecule has 5 rings (SSSR count). The van der Waals surface area contributed by atoms with Gasteiger partial charge in [0.1, 0.15) is 0 Å². The second kappa shape index (κ2) is 4.29. The lowest BCUT2D eigenvalue weighted by Crippen LogP contribution is -2.38. The van der Waals surface area contributed by atoms with E-state index in [1.54, 1.807) is 0 Å². The van der Waals surface area contributed by atoms with Crippen LogP contribution in [0.2, 0.25) is 0 Å². The van der Waals surface area contributed by atoms with Crippen LogP contribution in [0.1, 0.15) is 12.8 Å². The fourth-order valence-corrected chi connectivity index (χ4v) is 4.33. The van der Waals surface area contributed by atoms with Crippen LogP contribution in [-0.4, -0.2) is 11.8 Å². The van der Waals surface area contributed by atoms with Gasteiger partial charge in [0.25, 0.3) is 0 Å². The van der Waals surface area contributed by atoms with Crippen molar-refractivity contribution in [1.82, 2.24) is 0 Å².